The molecule has 3 aromatic heterocycles. The van der Waals surface area contributed by atoms with E-state index >= 15 is 0 Å². The molecule has 1 aliphatic heterocycles. The number of aromatic nitrogens is 6. The molecule has 1 saturated heterocycles. The number of halogens is 4. The van der Waals surface area contributed by atoms with Crippen LogP contribution in [0.25, 0.3) is 16.9 Å². The van der Waals surface area contributed by atoms with Gasteiger partial charge in [-0.1, -0.05) is 0 Å². The number of rotatable bonds is 5. The molecule has 2 N–H and O–H groups in total. The summed E-state index contributed by atoms with van der Waals surface area (Å²) in [4.78, 5) is 16.3. The number of nitrogens with zero attached hydrogens (tertiary/aromatic N) is 7. The molecule has 4 heterocycles. The van der Waals surface area contributed by atoms with Crippen molar-refractivity contribution in [1.29, 1.82) is 0 Å². The van der Waals surface area contributed by atoms with E-state index in [1.165, 1.54) is 18.3 Å². The quantitative estimate of drug-likeness (QED) is 0.368. The summed E-state index contributed by atoms with van der Waals surface area (Å²) in [6.07, 6.45) is -1.43. The number of fused-ring (bicyclic) bond motifs is 1. The summed E-state index contributed by atoms with van der Waals surface area (Å²) in [6.45, 7) is 4.32. The second-order valence-corrected chi connectivity index (χ2v) is 10.5. The fourth-order valence-electron chi connectivity index (χ4n) is 5.00. The minimum Gasteiger partial charge on any atom is -0.386 e. The van der Waals surface area contributed by atoms with Crippen molar-refractivity contribution in [2.24, 2.45) is 5.92 Å². The number of carbonyl (C=O) groups excluding carboxylic acids is 1. The van der Waals surface area contributed by atoms with Gasteiger partial charge in [-0.2, -0.15) is 23.1 Å². The highest BCUT2D eigenvalue weighted by Crippen LogP contribution is 2.46. The zero-order chi connectivity index (χ0) is 27.7. The summed E-state index contributed by atoms with van der Waals surface area (Å²) >= 11 is 0. The molecule has 1 aliphatic carbocycles. The van der Waals surface area contributed by atoms with Gasteiger partial charge in [-0.05, 0) is 61.7 Å². The maximum Gasteiger partial charge on any atom is 0.391 e. The standard InChI is InChI=1S/C25H24F4N8O2/c1-13-5-19(26)17(22-32-34-37(33-22)16-6-14(7-16)25(27,28)29)9-20(13)31-23(38)18-10-30-36-4-3-15(8-21(18)36)35-11-24(2,39)12-35/h3-5,8-10,14,16,39H,6-7,11-12H2,1-2H3,(H,31,38). The summed E-state index contributed by atoms with van der Waals surface area (Å²) in [6, 6.07) is 5.70. The Morgan fingerprint density at radius 1 is 1.21 bits per heavy atom. The second kappa shape index (κ2) is 8.73. The van der Waals surface area contributed by atoms with Crippen molar-refractivity contribution in [3.63, 3.8) is 0 Å². The number of nitrogens with one attached hydrogen (secondary N) is 1. The molecule has 39 heavy (non-hydrogen) atoms. The number of benzene rings is 1. The van der Waals surface area contributed by atoms with Crippen molar-refractivity contribution in [3.8, 4) is 11.4 Å². The molecule has 0 radical (unpaired) electrons. The number of amides is 1. The maximum atomic E-state index is 14.9. The van der Waals surface area contributed by atoms with Crippen LogP contribution in [0.5, 0.6) is 0 Å². The monoisotopic (exact) mass is 544 g/mol. The van der Waals surface area contributed by atoms with E-state index in [-0.39, 0.29) is 24.2 Å². The molecule has 2 fully saturated rings. The van der Waals surface area contributed by atoms with Gasteiger partial charge in [0.1, 0.15) is 5.82 Å². The smallest absolute Gasteiger partial charge is 0.386 e. The van der Waals surface area contributed by atoms with Gasteiger partial charge in [0.2, 0.25) is 5.82 Å². The third-order valence-corrected chi connectivity index (χ3v) is 7.31. The number of pyridine rings is 1. The summed E-state index contributed by atoms with van der Waals surface area (Å²) in [5.74, 6) is -2.63. The largest absolute Gasteiger partial charge is 0.391 e. The van der Waals surface area contributed by atoms with Crippen molar-refractivity contribution < 1.29 is 27.5 Å². The Balaban J connectivity index is 1.22. The molecule has 6 rings (SSSR count). The predicted octanol–water partition coefficient (Wildman–Crippen LogP) is 3.77. The molecule has 204 valence electrons. The number of aryl methyl sites for hydroxylation is 1. The Labute approximate surface area is 219 Å². The van der Waals surface area contributed by atoms with Gasteiger partial charge in [0.05, 0.1) is 40.4 Å². The molecule has 0 spiro atoms. The van der Waals surface area contributed by atoms with E-state index in [9.17, 15) is 27.5 Å². The van der Waals surface area contributed by atoms with Gasteiger partial charge in [0, 0.05) is 30.7 Å². The first-order valence-electron chi connectivity index (χ1n) is 12.3. The molecule has 1 saturated carbocycles. The van der Waals surface area contributed by atoms with Crippen LogP contribution in [-0.2, 0) is 0 Å². The first-order valence-corrected chi connectivity index (χ1v) is 12.3. The van der Waals surface area contributed by atoms with E-state index in [2.05, 4.69) is 25.8 Å². The van der Waals surface area contributed by atoms with Crippen molar-refractivity contribution in [1.82, 2.24) is 29.8 Å². The number of anilines is 2. The van der Waals surface area contributed by atoms with Gasteiger partial charge < -0.3 is 15.3 Å². The van der Waals surface area contributed by atoms with Crippen LogP contribution in [0.3, 0.4) is 0 Å². The molecule has 0 atom stereocenters. The average molecular weight is 545 g/mol. The summed E-state index contributed by atoms with van der Waals surface area (Å²) in [7, 11) is 0. The third-order valence-electron chi connectivity index (χ3n) is 7.31. The number of alkyl halides is 3. The van der Waals surface area contributed by atoms with Crippen molar-refractivity contribution in [2.75, 3.05) is 23.3 Å². The zero-order valence-corrected chi connectivity index (χ0v) is 20.9. The fourth-order valence-corrected chi connectivity index (χ4v) is 5.00. The van der Waals surface area contributed by atoms with Crippen molar-refractivity contribution >= 4 is 22.8 Å². The number of aliphatic hydroxyl groups is 1. The number of hydrogen-bond donors (Lipinski definition) is 2. The van der Waals surface area contributed by atoms with Crippen molar-refractivity contribution in [3.05, 3.63) is 53.6 Å². The SMILES string of the molecule is Cc1cc(F)c(-c2nnn(C3CC(C(F)(F)F)C3)n2)cc1NC(=O)c1cnn2ccc(N3CC(C)(O)C3)cc12. The highest BCUT2D eigenvalue weighted by atomic mass is 19.4. The van der Waals surface area contributed by atoms with Crippen LogP contribution in [0.4, 0.5) is 28.9 Å². The molecule has 1 aromatic carbocycles. The highest BCUT2D eigenvalue weighted by molar-refractivity contribution is 6.09. The number of carbonyl (C=O) groups is 1. The van der Waals surface area contributed by atoms with Crippen molar-refractivity contribution in [2.45, 2.75) is 44.5 Å². The van der Waals surface area contributed by atoms with Gasteiger partial charge in [0.15, 0.2) is 0 Å². The Morgan fingerprint density at radius 2 is 1.95 bits per heavy atom. The number of tetrazole rings is 1. The van der Waals surface area contributed by atoms with E-state index < -0.39 is 35.5 Å². The Morgan fingerprint density at radius 3 is 2.64 bits per heavy atom. The molecule has 14 heteroatoms. The molecule has 2 aliphatic rings. The van der Waals surface area contributed by atoms with E-state index in [0.717, 1.165) is 10.5 Å². The lowest BCUT2D eigenvalue weighted by atomic mass is 9.80. The third kappa shape index (κ3) is 4.58. The summed E-state index contributed by atoms with van der Waals surface area (Å²) in [5.41, 5.74) is 1.65. The predicted molar refractivity (Wildman–Crippen MR) is 132 cm³/mol. The lowest BCUT2D eigenvalue weighted by Crippen LogP contribution is -2.60. The minimum atomic E-state index is -4.27. The molecule has 0 unspecified atom stereocenters. The van der Waals surface area contributed by atoms with Crippen LogP contribution in [0.1, 0.15) is 41.7 Å². The van der Waals surface area contributed by atoms with E-state index in [0.29, 0.717) is 35.4 Å². The van der Waals surface area contributed by atoms with Crippen LogP contribution in [-0.4, -0.2) is 65.7 Å². The number of β-amino-alcohol motifs (C(OH)–C–C–N with tert-alkyl or cyclic N) is 1. The van der Waals surface area contributed by atoms with Crippen LogP contribution in [0.2, 0.25) is 0 Å². The molecular formula is C25H24F4N8O2. The Hall–Kier alpha value is -4.07. The molecule has 1 amide bonds. The topological polar surface area (TPSA) is 113 Å². The highest BCUT2D eigenvalue weighted by Gasteiger charge is 2.49. The number of hydrogen-bond acceptors (Lipinski definition) is 7. The molecule has 0 bridgehead atoms. The second-order valence-electron chi connectivity index (χ2n) is 10.5. The normalized spacial score (nSPS) is 20.5. The van der Waals surface area contributed by atoms with Gasteiger partial charge >= 0.3 is 6.18 Å². The van der Waals surface area contributed by atoms with Crippen LogP contribution >= 0.6 is 0 Å². The first-order chi connectivity index (χ1) is 18.4. The van der Waals surface area contributed by atoms with Crippen LogP contribution in [0, 0.1) is 18.7 Å². The summed E-state index contributed by atoms with van der Waals surface area (Å²) < 4.78 is 54.9. The van der Waals surface area contributed by atoms with Crippen LogP contribution in [0.15, 0.2) is 36.7 Å². The van der Waals surface area contributed by atoms with Gasteiger partial charge in [-0.25, -0.2) is 8.91 Å². The summed E-state index contributed by atoms with van der Waals surface area (Å²) in [5, 5.41) is 28.9. The Bertz CT molecular complexity index is 1580. The fraction of sp³-hybridized carbons (Fsp3) is 0.400. The first kappa shape index (κ1) is 25.2. The molecule has 10 nitrogen and oxygen atoms in total. The van der Waals surface area contributed by atoms with Crippen LogP contribution < -0.4 is 10.2 Å². The molecule has 4 aromatic rings. The average Bonchev–Trinajstić information content (AvgIpc) is 3.44. The van der Waals surface area contributed by atoms with E-state index in [1.807, 2.05) is 17.0 Å². The van der Waals surface area contributed by atoms with Gasteiger partial charge in [-0.3, -0.25) is 4.79 Å². The van der Waals surface area contributed by atoms with Gasteiger partial charge in [0.25, 0.3) is 5.91 Å². The lowest BCUT2D eigenvalue weighted by Gasteiger charge is -2.45. The zero-order valence-electron chi connectivity index (χ0n) is 20.9. The molecular weight excluding hydrogens is 520 g/mol. The Kier molecular flexibility index (Phi) is 5.64. The lowest BCUT2D eigenvalue weighted by molar-refractivity contribution is -0.203. The van der Waals surface area contributed by atoms with E-state index in [1.54, 1.807) is 24.6 Å². The van der Waals surface area contributed by atoms with Gasteiger partial charge in [-0.15, -0.1) is 10.2 Å². The minimum absolute atomic E-state index is 0.0409. The van der Waals surface area contributed by atoms with E-state index in [4.69, 9.17) is 0 Å². The maximum absolute atomic E-state index is 14.9.